The van der Waals surface area contributed by atoms with Crippen LogP contribution in [0.1, 0.15) is 24.8 Å². The Hall–Kier alpha value is -3.31. The van der Waals surface area contributed by atoms with E-state index in [1.165, 1.54) is 19.9 Å². The van der Waals surface area contributed by atoms with Gasteiger partial charge in [0.05, 0.1) is 22.1 Å². The summed E-state index contributed by atoms with van der Waals surface area (Å²) in [7, 11) is -2.10. The van der Waals surface area contributed by atoms with Gasteiger partial charge in [0, 0.05) is 22.8 Å². The Labute approximate surface area is 227 Å². The Morgan fingerprint density at radius 1 is 1.11 bits per heavy atom. The molecular weight excluding hydrogens is 518 g/mol. The molecule has 38 heavy (non-hydrogen) atoms. The molecule has 0 amide bonds. The van der Waals surface area contributed by atoms with E-state index in [4.69, 9.17) is 9.72 Å². The minimum atomic E-state index is -3.51. The van der Waals surface area contributed by atoms with Crippen molar-refractivity contribution in [2.75, 3.05) is 25.5 Å². The molecule has 1 saturated heterocycles. The topological polar surface area (TPSA) is 105 Å². The Kier molecular flexibility index (Phi) is 8.04. The predicted molar refractivity (Wildman–Crippen MR) is 153 cm³/mol. The largest absolute Gasteiger partial charge is 0.494 e. The van der Waals surface area contributed by atoms with Gasteiger partial charge in [-0.3, -0.25) is 0 Å². The van der Waals surface area contributed by atoms with E-state index >= 15 is 0 Å². The molecule has 10 heteroatoms. The molecule has 1 unspecified atom stereocenters. The molecule has 3 N–H and O–H groups in total. The molecule has 5 rings (SSSR count). The molecule has 8 nitrogen and oxygen atoms in total. The maximum absolute atomic E-state index is 12.2. The summed E-state index contributed by atoms with van der Waals surface area (Å²) in [6.07, 6.45) is 5.30. The molecular formula is C28H31N5O3S2. The van der Waals surface area contributed by atoms with Gasteiger partial charge < -0.3 is 15.4 Å². The van der Waals surface area contributed by atoms with Gasteiger partial charge in [0.15, 0.2) is 0 Å². The molecule has 2 aromatic carbocycles. The summed E-state index contributed by atoms with van der Waals surface area (Å²) >= 11 is 1.56. The lowest BCUT2D eigenvalue weighted by atomic mass is 10.2. The molecule has 1 aliphatic rings. The summed E-state index contributed by atoms with van der Waals surface area (Å²) < 4.78 is 32.7. The Morgan fingerprint density at radius 3 is 2.68 bits per heavy atom. The fourth-order valence-corrected chi connectivity index (χ4v) is 6.22. The van der Waals surface area contributed by atoms with Gasteiger partial charge in [0.25, 0.3) is 0 Å². The zero-order valence-electron chi connectivity index (χ0n) is 21.4. The minimum Gasteiger partial charge on any atom is -0.494 e. The van der Waals surface area contributed by atoms with Crippen LogP contribution in [0.4, 0.5) is 11.6 Å². The number of thiophene rings is 1. The molecule has 3 heterocycles. The standard InChI is InChI=1S/C28H31N5O3S2/c1-19-18-31-28(32-22-8-10-23(11-9-22)36-16-14-21-6-4-15-30-21)33-27(19)26-13-12-25(37-26)20-5-3-7-24(17-20)38(34,35)29-2/h3,5,7-13,17-18,21,29-30H,4,6,14-16H2,1-2H3,(H,31,32,33). The van der Waals surface area contributed by atoms with Gasteiger partial charge in [0.1, 0.15) is 5.75 Å². The molecule has 1 fully saturated rings. The van der Waals surface area contributed by atoms with E-state index < -0.39 is 10.0 Å². The highest BCUT2D eigenvalue weighted by Gasteiger charge is 2.15. The van der Waals surface area contributed by atoms with E-state index in [2.05, 4.69) is 20.3 Å². The van der Waals surface area contributed by atoms with Crippen molar-refractivity contribution in [3.63, 3.8) is 0 Å². The van der Waals surface area contributed by atoms with Crippen molar-refractivity contribution >= 4 is 33.0 Å². The number of anilines is 2. The summed E-state index contributed by atoms with van der Waals surface area (Å²) in [6.45, 7) is 3.79. The van der Waals surface area contributed by atoms with E-state index in [-0.39, 0.29) is 4.90 Å². The molecule has 198 valence electrons. The first-order valence-electron chi connectivity index (χ1n) is 12.6. The van der Waals surface area contributed by atoms with Crippen LogP contribution < -0.4 is 20.1 Å². The number of rotatable bonds is 10. The van der Waals surface area contributed by atoms with Crippen molar-refractivity contribution in [2.45, 2.75) is 37.1 Å². The fraction of sp³-hybridized carbons (Fsp3) is 0.286. The van der Waals surface area contributed by atoms with Crippen LogP contribution in [-0.2, 0) is 10.0 Å². The van der Waals surface area contributed by atoms with E-state index in [1.807, 2.05) is 49.4 Å². The monoisotopic (exact) mass is 549 g/mol. The molecule has 0 aliphatic carbocycles. The van der Waals surface area contributed by atoms with Gasteiger partial charge in [-0.05, 0) is 99.4 Å². The number of nitrogens with zero attached hydrogens (tertiary/aromatic N) is 2. The van der Waals surface area contributed by atoms with E-state index in [0.717, 1.165) is 51.0 Å². The number of aryl methyl sites for hydroxylation is 1. The average molecular weight is 550 g/mol. The summed E-state index contributed by atoms with van der Waals surface area (Å²) in [4.78, 5) is 11.4. The predicted octanol–water partition coefficient (Wildman–Crippen LogP) is 5.35. The molecule has 0 radical (unpaired) electrons. The maximum Gasteiger partial charge on any atom is 0.240 e. The highest BCUT2D eigenvalue weighted by atomic mass is 32.2. The summed E-state index contributed by atoms with van der Waals surface area (Å²) in [5, 5.41) is 6.77. The van der Waals surface area contributed by atoms with Crippen LogP contribution in [-0.4, -0.2) is 44.6 Å². The lowest BCUT2D eigenvalue weighted by Crippen LogP contribution is -2.23. The first-order valence-corrected chi connectivity index (χ1v) is 14.9. The number of aromatic nitrogens is 2. The van der Waals surface area contributed by atoms with Crippen molar-refractivity contribution in [1.29, 1.82) is 0 Å². The third-order valence-corrected chi connectivity index (χ3v) is 9.07. The zero-order chi connectivity index (χ0) is 26.5. The van der Waals surface area contributed by atoms with Crippen molar-refractivity contribution in [3.05, 3.63) is 72.4 Å². The van der Waals surface area contributed by atoms with Crippen LogP contribution in [0.15, 0.2) is 71.8 Å². The number of hydrogen-bond acceptors (Lipinski definition) is 8. The first kappa shape index (κ1) is 26.3. The van der Waals surface area contributed by atoms with Crippen LogP contribution in [0.3, 0.4) is 0 Å². The maximum atomic E-state index is 12.2. The molecule has 4 aromatic rings. The highest BCUT2D eigenvalue weighted by Crippen LogP contribution is 2.36. The van der Waals surface area contributed by atoms with Crippen molar-refractivity contribution in [1.82, 2.24) is 20.0 Å². The molecule has 2 aromatic heterocycles. The molecule has 1 atom stereocenters. The summed E-state index contributed by atoms with van der Waals surface area (Å²) in [5.41, 5.74) is 3.50. The zero-order valence-corrected chi connectivity index (χ0v) is 23.0. The van der Waals surface area contributed by atoms with E-state index in [9.17, 15) is 8.42 Å². The van der Waals surface area contributed by atoms with Crippen LogP contribution in [0.5, 0.6) is 5.75 Å². The average Bonchev–Trinajstić information content (AvgIpc) is 3.64. The van der Waals surface area contributed by atoms with Gasteiger partial charge >= 0.3 is 0 Å². The lowest BCUT2D eigenvalue weighted by molar-refractivity contribution is 0.292. The summed E-state index contributed by atoms with van der Waals surface area (Å²) in [6, 6.07) is 19.3. The molecule has 0 bridgehead atoms. The van der Waals surface area contributed by atoms with Gasteiger partial charge in [-0.1, -0.05) is 12.1 Å². The number of sulfonamides is 1. The quantitative estimate of drug-likeness (QED) is 0.245. The van der Waals surface area contributed by atoms with Crippen molar-refractivity contribution < 1.29 is 13.2 Å². The van der Waals surface area contributed by atoms with Gasteiger partial charge in [0.2, 0.25) is 16.0 Å². The third kappa shape index (κ3) is 6.21. The normalized spacial score (nSPS) is 15.5. The first-order chi connectivity index (χ1) is 18.4. The number of benzene rings is 2. The molecule has 1 aliphatic heterocycles. The van der Waals surface area contributed by atoms with Gasteiger partial charge in [-0.25, -0.2) is 23.1 Å². The van der Waals surface area contributed by atoms with Crippen LogP contribution in [0.2, 0.25) is 0 Å². The number of hydrogen-bond donors (Lipinski definition) is 3. The van der Waals surface area contributed by atoms with Crippen LogP contribution >= 0.6 is 11.3 Å². The van der Waals surface area contributed by atoms with Gasteiger partial charge in [-0.15, -0.1) is 11.3 Å². The Balaban J connectivity index is 1.27. The Morgan fingerprint density at radius 2 is 1.92 bits per heavy atom. The second-order valence-corrected chi connectivity index (χ2v) is 12.2. The van der Waals surface area contributed by atoms with E-state index in [1.54, 1.807) is 35.7 Å². The van der Waals surface area contributed by atoms with Crippen LogP contribution in [0.25, 0.3) is 21.0 Å². The second kappa shape index (κ2) is 11.6. The smallest absolute Gasteiger partial charge is 0.240 e. The number of nitrogens with one attached hydrogen (secondary N) is 3. The highest BCUT2D eigenvalue weighted by molar-refractivity contribution is 7.89. The molecule has 0 saturated carbocycles. The Bertz CT molecular complexity index is 1500. The number of ether oxygens (including phenoxy) is 1. The summed E-state index contributed by atoms with van der Waals surface area (Å²) in [5.74, 6) is 1.35. The van der Waals surface area contributed by atoms with Crippen molar-refractivity contribution in [2.24, 2.45) is 0 Å². The van der Waals surface area contributed by atoms with Crippen LogP contribution in [0, 0.1) is 6.92 Å². The van der Waals surface area contributed by atoms with Crippen molar-refractivity contribution in [3.8, 4) is 26.8 Å². The van der Waals surface area contributed by atoms with Gasteiger partial charge in [-0.2, -0.15) is 0 Å². The SMILES string of the molecule is CNS(=O)(=O)c1cccc(-c2ccc(-c3nc(Nc4ccc(OCCC5CCCN5)cc4)ncc3C)s2)c1. The second-order valence-electron chi connectivity index (χ2n) is 9.20. The molecule has 0 spiro atoms. The lowest BCUT2D eigenvalue weighted by Gasteiger charge is -2.12. The minimum absolute atomic E-state index is 0.236. The van der Waals surface area contributed by atoms with E-state index in [0.29, 0.717) is 18.6 Å². The fourth-order valence-electron chi connectivity index (χ4n) is 4.39. The third-order valence-electron chi connectivity index (χ3n) is 6.52.